The molecule has 0 unspecified atom stereocenters. The van der Waals surface area contributed by atoms with Crippen LogP contribution in [0.5, 0.6) is 5.75 Å². The molecule has 1 amide bonds. The van der Waals surface area contributed by atoms with Gasteiger partial charge in [-0.15, -0.1) is 0 Å². The van der Waals surface area contributed by atoms with E-state index in [0.29, 0.717) is 37.8 Å². The Labute approximate surface area is 136 Å². The maximum Gasteiger partial charge on any atom is 0.242 e. The Kier molecular flexibility index (Phi) is 5.09. The Hall–Kier alpha value is -1.70. The number of aliphatic hydroxyl groups excluding tert-OH is 1. The summed E-state index contributed by atoms with van der Waals surface area (Å²) in [6.45, 7) is 7.76. The fourth-order valence-corrected chi connectivity index (χ4v) is 3.02. The molecular formula is C16H24N4O3. The summed E-state index contributed by atoms with van der Waals surface area (Å²) >= 11 is 0. The number of piperazine rings is 1. The number of anilines is 1. The number of aromatic nitrogens is 1. The van der Waals surface area contributed by atoms with E-state index in [4.69, 9.17) is 9.84 Å². The molecule has 1 fully saturated rings. The number of amides is 1. The highest BCUT2D eigenvalue weighted by molar-refractivity contribution is 5.95. The van der Waals surface area contributed by atoms with Crippen LogP contribution in [-0.2, 0) is 4.79 Å². The summed E-state index contributed by atoms with van der Waals surface area (Å²) in [4.78, 5) is 23.3. The van der Waals surface area contributed by atoms with Gasteiger partial charge in [0.05, 0.1) is 19.7 Å². The zero-order valence-electron chi connectivity index (χ0n) is 13.6. The van der Waals surface area contributed by atoms with Crippen LogP contribution in [0.25, 0.3) is 0 Å². The van der Waals surface area contributed by atoms with Crippen molar-refractivity contribution in [2.75, 3.05) is 63.9 Å². The summed E-state index contributed by atoms with van der Waals surface area (Å²) in [5.74, 6) is 1.39. The van der Waals surface area contributed by atoms with Crippen LogP contribution in [0.15, 0.2) is 12.1 Å². The molecule has 0 aliphatic carbocycles. The van der Waals surface area contributed by atoms with E-state index in [1.807, 2.05) is 19.1 Å². The molecule has 0 bridgehead atoms. The fourth-order valence-electron chi connectivity index (χ4n) is 3.02. The topological polar surface area (TPSA) is 69.1 Å². The standard InChI is InChI=1S/C16H24N4O3/c1-13-2-3-14-16(17-13)20(9-11-23-14)15(22)12-19-6-4-18(5-7-19)8-10-21/h2-3,21H,4-12H2,1H3. The van der Waals surface area contributed by atoms with Gasteiger partial charge >= 0.3 is 0 Å². The highest BCUT2D eigenvalue weighted by atomic mass is 16.5. The maximum absolute atomic E-state index is 12.7. The summed E-state index contributed by atoms with van der Waals surface area (Å²) in [5, 5.41) is 8.98. The second kappa shape index (κ2) is 7.25. The number of carbonyl (C=O) groups is 1. The molecule has 3 heterocycles. The van der Waals surface area contributed by atoms with Crippen molar-refractivity contribution < 1.29 is 14.6 Å². The van der Waals surface area contributed by atoms with Crippen LogP contribution in [0, 0.1) is 6.92 Å². The number of nitrogens with zero attached hydrogens (tertiary/aromatic N) is 4. The number of carbonyl (C=O) groups excluding carboxylic acids is 1. The molecule has 1 N–H and O–H groups in total. The van der Waals surface area contributed by atoms with Gasteiger partial charge in [-0.1, -0.05) is 0 Å². The van der Waals surface area contributed by atoms with E-state index >= 15 is 0 Å². The van der Waals surface area contributed by atoms with Gasteiger partial charge in [-0.3, -0.25) is 19.5 Å². The predicted molar refractivity (Wildman–Crippen MR) is 86.8 cm³/mol. The highest BCUT2D eigenvalue weighted by Crippen LogP contribution is 2.29. The van der Waals surface area contributed by atoms with Crippen molar-refractivity contribution in [2.24, 2.45) is 0 Å². The summed E-state index contributed by atoms with van der Waals surface area (Å²) < 4.78 is 5.59. The molecule has 3 rings (SSSR count). The molecule has 7 heteroatoms. The summed E-state index contributed by atoms with van der Waals surface area (Å²) in [6, 6.07) is 3.78. The fraction of sp³-hybridized carbons (Fsp3) is 0.625. The first-order chi connectivity index (χ1) is 11.2. The first-order valence-electron chi connectivity index (χ1n) is 8.14. The van der Waals surface area contributed by atoms with Crippen molar-refractivity contribution in [3.05, 3.63) is 17.8 Å². The monoisotopic (exact) mass is 320 g/mol. The predicted octanol–water partition coefficient (Wildman–Crippen LogP) is -0.275. The SMILES string of the molecule is Cc1ccc2c(n1)N(C(=O)CN1CCN(CCO)CC1)CCO2. The number of ether oxygens (including phenoxy) is 1. The molecule has 0 spiro atoms. The molecule has 1 aromatic heterocycles. The number of aryl methyl sites for hydroxylation is 1. The van der Waals surface area contributed by atoms with Crippen LogP contribution >= 0.6 is 0 Å². The Balaban J connectivity index is 1.61. The Morgan fingerprint density at radius 3 is 2.70 bits per heavy atom. The second-order valence-corrected chi connectivity index (χ2v) is 6.01. The minimum Gasteiger partial charge on any atom is -0.488 e. The lowest BCUT2D eigenvalue weighted by atomic mass is 10.2. The van der Waals surface area contributed by atoms with Crippen molar-refractivity contribution in [1.82, 2.24) is 14.8 Å². The molecule has 0 atom stereocenters. The van der Waals surface area contributed by atoms with Gasteiger partial charge in [-0.2, -0.15) is 0 Å². The van der Waals surface area contributed by atoms with Crippen LogP contribution in [-0.4, -0.2) is 84.8 Å². The van der Waals surface area contributed by atoms with Crippen molar-refractivity contribution in [1.29, 1.82) is 0 Å². The molecular weight excluding hydrogens is 296 g/mol. The minimum absolute atomic E-state index is 0.0725. The molecule has 7 nitrogen and oxygen atoms in total. The van der Waals surface area contributed by atoms with Crippen LogP contribution in [0.2, 0.25) is 0 Å². The van der Waals surface area contributed by atoms with Gasteiger partial charge in [0.2, 0.25) is 5.91 Å². The van der Waals surface area contributed by atoms with Crippen LogP contribution in [0.1, 0.15) is 5.69 Å². The van der Waals surface area contributed by atoms with Gasteiger partial charge in [0.25, 0.3) is 0 Å². The van der Waals surface area contributed by atoms with Gasteiger partial charge in [-0.25, -0.2) is 4.98 Å². The first kappa shape index (κ1) is 16.2. The third-order valence-corrected chi connectivity index (χ3v) is 4.35. The molecule has 1 saturated heterocycles. The number of rotatable bonds is 4. The molecule has 0 aromatic carbocycles. The van der Waals surface area contributed by atoms with Gasteiger partial charge in [-0.05, 0) is 19.1 Å². The highest BCUT2D eigenvalue weighted by Gasteiger charge is 2.27. The summed E-state index contributed by atoms with van der Waals surface area (Å²) in [5.41, 5.74) is 0.879. The third kappa shape index (κ3) is 3.80. The lowest BCUT2D eigenvalue weighted by molar-refractivity contribution is -0.120. The second-order valence-electron chi connectivity index (χ2n) is 6.01. The Bertz CT molecular complexity index is 558. The largest absolute Gasteiger partial charge is 0.488 e. The van der Waals surface area contributed by atoms with Crippen molar-refractivity contribution in [2.45, 2.75) is 6.92 Å². The minimum atomic E-state index is 0.0725. The molecule has 0 saturated carbocycles. The van der Waals surface area contributed by atoms with E-state index in [2.05, 4.69) is 14.8 Å². The van der Waals surface area contributed by atoms with Crippen LogP contribution < -0.4 is 9.64 Å². The zero-order chi connectivity index (χ0) is 16.2. The molecule has 23 heavy (non-hydrogen) atoms. The van der Waals surface area contributed by atoms with Crippen molar-refractivity contribution >= 4 is 11.7 Å². The van der Waals surface area contributed by atoms with Gasteiger partial charge in [0, 0.05) is 38.4 Å². The number of β-amino-alcohol motifs (C(OH)–C–C–N with tert-alkyl or cyclic N) is 1. The summed E-state index contributed by atoms with van der Waals surface area (Å²) in [6.07, 6.45) is 0. The Morgan fingerprint density at radius 2 is 1.96 bits per heavy atom. The molecule has 126 valence electrons. The zero-order valence-corrected chi connectivity index (χ0v) is 13.6. The van der Waals surface area contributed by atoms with E-state index in [1.54, 1.807) is 4.90 Å². The molecule has 0 radical (unpaired) electrons. The lowest BCUT2D eigenvalue weighted by Crippen LogP contribution is -2.51. The number of hydrogen-bond donors (Lipinski definition) is 1. The number of fused-ring (bicyclic) bond motifs is 1. The van der Waals surface area contributed by atoms with E-state index in [-0.39, 0.29) is 12.5 Å². The molecule has 2 aliphatic rings. The van der Waals surface area contributed by atoms with E-state index < -0.39 is 0 Å². The van der Waals surface area contributed by atoms with Crippen molar-refractivity contribution in [3.63, 3.8) is 0 Å². The van der Waals surface area contributed by atoms with Crippen LogP contribution in [0.3, 0.4) is 0 Å². The first-order valence-corrected chi connectivity index (χ1v) is 8.14. The van der Waals surface area contributed by atoms with Gasteiger partial charge < -0.3 is 9.84 Å². The number of aliphatic hydroxyl groups is 1. The van der Waals surface area contributed by atoms with Gasteiger partial charge in [0.1, 0.15) is 6.61 Å². The lowest BCUT2D eigenvalue weighted by Gasteiger charge is -2.35. The third-order valence-electron chi connectivity index (χ3n) is 4.35. The van der Waals surface area contributed by atoms with Crippen LogP contribution in [0.4, 0.5) is 5.82 Å². The molecule has 1 aromatic rings. The smallest absolute Gasteiger partial charge is 0.242 e. The van der Waals surface area contributed by atoms with Crippen molar-refractivity contribution in [3.8, 4) is 5.75 Å². The van der Waals surface area contributed by atoms with E-state index in [0.717, 1.165) is 31.9 Å². The number of pyridine rings is 1. The van der Waals surface area contributed by atoms with E-state index in [1.165, 1.54) is 0 Å². The average Bonchev–Trinajstić information content (AvgIpc) is 2.56. The summed E-state index contributed by atoms with van der Waals surface area (Å²) in [7, 11) is 0. The molecule has 2 aliphatic heterocycles. The maximum atomic E-state index is 12.7. The van der Waals surface area contributed by atoms with Gasteiger partial charge in [0.15, 0.2) is 11.6 Å². The van der Waals surface area contributed by atoms with E-state index in [9.17, 15) is 4.79 Å². The number of hydrogen-bond acceptors (Lipinski definition) is 6. The quantitative estimate of drug-likeness (QED) is 0.823. The normalized spacial score (nSPS) is 19.3. The average molecular weight is 320 g/mol. The Morgan fingerprint density at radius 1 is 1.22 bits per heavy atom.